The summed E-state index contributed by atoms with van der Waals surface area (Å²) in [5.41, 5.74) is 0. The average Bonchev–Trinajstić information content (AvgIpc) is 2.44. The number of urea groups is 1. The molecule has 1 unspecified atom stereocenters. The van der Waals surface area contributed by atoms with Gasteiger partial charge < -0.3 is 20.4 Å². The molecule has 6 heteroatoms. The number of rotatable bonds is 12. The summed E-state index contributed by atoms with van der Waals surface area (Å²) >= 11 is 0. The Morgan fingerprint density at radius 1 is 1.33 bits per heavy atom. The number of carboxylic acids is 1. The van der Waals surface area contributed by atoms with Gasteiger partial charge in [-0.15, -0.1) is 6.58 Å². The quantitative estimate of drug-likeness (QED) is 0.480. The van der Waals surface area contributed by atoms with Crippen LogP contribution in [-0.2, 0) is 4.79 Å². The highest BCUT2D eigenvalue weighted by Gasteiger charge is 2.13. The first-order chi connectivity index (χ1) is 10.0. The molecule has 0 rings (SSSR count). The molecule has 0 saturated heterocycles. The van der Waals surface area contributed by atoms with E-state index < -0.39 is 5.97 Å². The van der Waals surface area contributed by atoms with E-state index in [1.165, 1.54) is 4.90 Å². The Morgan fingerprint density at radius 2 is 2.05 bits per heavy atom. The van der Waals surface area contributed by atoms with Crippen LogP contribution in [0.4, 0.5) is 4.79 Å². The highest BCUT2D eigenvalue weighted by Crippen LogP contribution is 2.17. The molecular formula is C15H28N2O4. The molecule has 0 fully saturated rings. The summed E-state index contributed by atoms with van der Waals surface area (Å²) in [6.45, 7) is 6.75. The SMILES string of the molecule is C=CCN(CCO)C(=O)NCCC(CCC)CCC(=O)O. The van der Waals surface area contributed by atoms with Crippen LogP contribution < -0.4 is 5.32 Å². The highest BCUT2D eigenvalue weighted by molar-refractivity contribution is 5.74. The Morgan fingerprint density at radius 3 is 2.57 bits per heavy atom. The minimum absolute atomic E-state index is 0.0850. The van der Waals surface area contributed by atoms with E-state index in [1.807, 2.05) is 0 Å². The van der Waals surface area contributed by atoms with E-state index in [0.717, 1.165) is 19.3 Å². The second kappa shape index (κ2) is 12.2. The van der Waals surface area contributed by atoms with E-state index in [0.29, 0.717) is 25.4 Å². The Balaban J connectivity index is 4.12. The summed E-state index contributed by atoms with van der Waals surface area (Å²) in [6, 6.07) is -0.225. The number of amides is 2. The zero-order chi connectivity index (χ0) is 16.1. The van der Waals surface area contributed by atoms with Crippen LogP contribution in [0.5, 0.6) is 0 Å². The van der Waals surface area contributed by atoms with Gasteiger partial charge in [-0.05, 0) is 18.8 Å². The van der Waals surface area contributed by atoms with Crippen molar-refractivity contribution >= 4 is 12.0 Å². The largest absolute Gasteiger partial charge is 0.481 e. The molecule has 0 aliphatic carbocycles. The van der Waals surface area contributed by atoms with Crippen molar-refractivity contribution < 1.29 is 19.8 Å². The van der Waals surface area contributed by atoms with Crippen LogP contribution in [-0.4, -0.2) is 53.4 Å². The fraction of sp³-hybridized carbons (Fsp3) is 0.733. The van der Waals surface area contributed by atoms with Crippen LogP contribution >= 0.6 is 0 Å². The van der Waals surface area contributed by atoms with Crippen molar-refractivity contribution in [1.29, 1.82) is 0 Å². The Bertz CT molecular complexity index is 321. The molecule has 0 radical (unpaired) electrons. The standard InChI is InChI=1S/C15H28N2O4/c1-3-5-13(6-7-14(19)20)8-9-16-15(21)17(10-4-2)11-12-18/h4,13,18H,2-3,5-12H2,1H3,(H,16,21)(H,19,20). The van der Waals surface area contributed by atoms with Crippen molar-refractivity contribution in [2.24, 2.45) is 5.92 Å². The monoisotopic (exact) mass is 300 g/mol. The molecule has 0 spiro atoms. The van der Waals surface area contributed by atoms with Gasteiger partial charge in [0.2, 0.25) is 0 Å². The third kappa shape index (κ3) is 9.90. The third-order valence-corrected chi connectivity index (χ3v) is 3.30. The predicted molar refractivity (Wildman–Crippen MR) is 82.1 cm³/mol. The second-order valence-electron chi connectivity index (χ2n) is 5.07. The third-order valence-electron chi connectivity index (χ3n) is 3.30. The molecule has 0 aliphatic rings. The van der Waals surface area contributed by atoms with Crippen molar-refractivity contribution in [1.82, 2.24) is 10.2 Å². The number of carboxylic acid groups (broad SMARTS) is 1. The number of hydrogen-bond donors (Lipinski definition) is 3. The lowest BCUT2D eigenvalue weighted by atomic mass is 9.94. The van der Waals surface area contributed by atoms with Crippen molar-refractivity contribution in [2.45, 2.75) is 39.0 Å². The van der Waals surface area contributed by atoms with Crippen molar-refractivity contribution in [3.63, 3.8) is 0 Å². The van der Waals surface area contributed by atoms with Crippen LogP contribution in [0.3, 0.4) is 0 Å². The van der Waals surface area contributed by atoms with Gasteiger partial charge in [0.05, 0.1) is 6.61 Å². The molecule has 6 nitrogen and oxygen atoms in total. The Hall–Kier alpha value is -1.56. The number of aliphatic carboxylic acids is 1. The molecular weight excluding hydrogens is 272 g/mol. The average molecular weight is 300 g/mol. The van der Waals surface area contributed by atoms with Gasteiger partial charge in [-0.1, -0.05) is 25.8 Å². The summed E-state index contributed by atoms with van der Waals surface area (Å²) in [7, 11) is 0. The normalized spacial score (nSPS) is 11.7. The van der Waals surface area contributed by atoms with Gasteiger partial charge in [-0.3, -0.25) is 4.79 Å². The van der Waals surface area contributed by atoms with E-state index in [-0.39, 0.29) is 25.6 Å². The zero-order valence-corrected chi connectivity index (χ0v) is 12.9. The molecule has 0 bridgehead atoms. The number of carbonyl (C=O) groups excluding carboxylic acids is 1. The minimum atomic E-state index is -0.778. The number of nitrogens with zero attached hydrogens (tertiary/aromatic N) is 1. The van der Waals surface area contributed by atoms with Crippen LogP contribution in [0, 0.1) is 5.92 Å². The smallest absolute Gasteiger partial charge is 0.317 e. The maximum Gasteiger partial charge on any atom is 0.317 e. The first-order valence-electron chi connectivity index (χ1n) is 7.51. The fourth-order valence-electron chi connectivity index (χ4n) is 2.22. The lowest BCUT2D eigenvalue weighted by molar-refractivity contribution is -0.137. The van der Waals surface area contributed by atoms with Gasteiger partial charge >= 0.3 is 12.0 Å². The highest BCUT2D eigenvalue weighted by atomic mass is 16.4. The van der Waals surface area contributed by atoms with Gasteiger partial charge in [0.1, 0.15) is 0 Å². The lowest BCUT2D eigenvalue weighted by Gasteiger charge is -2.21. The summed E-state index contributed by atoms with van der Waals surface area (Å²) in [5.74, 6) is -0.461. The van der Waals surface area contributed by atoms with Gasteiger partial charge in [-0.25, -0.2) is 4.79 Å². The van der Waals surface area contributed by atoms with Gasteiger partial charge in [-0.2, -0.15) is 0 Å². The molecule has 0 heterocycles. The fourth-order valence-corrected chi connectivity index (χ4v) is 2.22. The molecule has 2 amide bonds. The van der Waals surface area contributed by atoms with Crippen LogP contribution in [0.1, 0.15) is 39.0 Å². The van der Waals surface area contributed by atoms with E-state index in [4.69, 9.17) is 10.2 Å². The summed E-state index contributed by atoms with van der Waals surface area (Å²) in [4.78, 5) is 24.0. The zero-order valence-electron chi connectivity index (χ0n) is 12.9. The van der Waals surface area contributed by atoms with Crippen LogP contribution in [0.15, 0.2) is 12.7 Å². The molecule has 0 aromatic carbocycles. The Labute approximate surface area is 126 Å². The Kier molecular flexibility index (Phi) is 11.3. The number of carbonyl (C=O) groups is 2. The minimum Gasteiger partial charge on any atom is -0.481 e. The molecule has 0 saturated carbocycles. The van der Waals surface area contributed by atoms with Gasteiger partial charge in [0.15, 0.2) is 0 Å². The molecule has 21 heavy (non-hydrogen) atoms. The number of hydrogen-bond acceptors (Lipinski definition) is 3. The molecule has 0 aliphatic heterocycles. The van der Waals surface area contributed by atoms with Gasteiger partial charge in [0.25, 0.3) is 0 Å². The van der Waals surface area contributed by atoms with E-state index in [2.05, 4.69) is 18.8 Å². The maximum absolute atomic E-state index is 11.9. The topological polar surface area (TPSA) is 89.9 Å². The molecule has 0 aromatic heterocycles. The van der Waals surface area contributed by atoms with Crippen molar-refractivity contribution in [2.75, 3.05) is 26.2 Å². The van der Waals surface area contributed by atoms with E-state index in [9.17, 15) is 9.59 Å². The van der Waals surface area contributed by atoms with Crippen LogP contribution in [0.2, 0.25) is 0 Å². The number of aliphatic hydroxyl groups excluding tert-OH is 1. The number of aliphatic hydroxyl groups is 1. The van der Waals surface area contributed by atoms with Crippen molar-refractivity contribution in [3.05, 3.63) is 12.7 Å². The van der Waals surface area contributed by atoms with E-state index >= 15 is 0 Å². The predicted octanol–water partition coefficient (Wildman–Crippen LogP) is 1.85. The summed E-state index contributed by atoms with van der Waals surface area (Å²) in [5, 5.41) is 20.4. The summed E-state index contributed by atoms with van der Waals surface area (Å²) < 4.78 is 0. The second-order valence-corrected chi connectivity index (χ2v) is 5.07. The van der Waals surface area contributed by atoms with Gasteiger partial charge in [0, 0.05) is 26.1 Å². The molecule has 1 atom stereocenters. The molecule has 122 valence electrons. The van der Waals surface area contributed by atoms with Crippen molar-refractivity contribution in [3.8, 4) is 0 Å². The molecule has 0 aromatic rings. The maximum atomic E-state index is 11.9. The van der Waals surface area contributed by atoms with Crippen LogP contribution in [0.25, 0.3) is 0 Å². The lowest BCUT2D eigenvalue weighted by Crippen LogP contribution is -2.42. The first kappa shape index (κ1) is 19.4. The number of nitrogens with one attached hydrogen (secondary N) is 1. The van der Waals surface area contributed by atoms with E-state index in [1.54, 1.807) is 6.08 Å². The molecule has 3 N–H and O–H groups in total. The first-order valence-corrected chi connectivity index (χ1v) is 7.51. The summed E-state index contributed by atoms with van der Waals surface area (Å²) in [6.07, 6.45) is 5.18.